The number of amides is 2. The molecule has 3 aliphatic rings. The van der Waals surface area contributed by atoms with E-state index in [1.165, 1.54) is 23.8 Å². The molecule has 1 atom stereocenters. The molecule has 2 amide bonds. The van der Waals surface area contributed by atoms with E-state index in [1.807, 2.05) is 11.8 Å². The van der Waals surface area contributed by atoms with E-state index in [-0.39, 0.29) is 24.2 Å². The molecular weight excluding hydrogens is 307 g/mol. The van der Waals surface area contributed by atoms with Gasteiger partial charge < -0.3 is 9.80 Å². The maximum absolute atomic E-state index is 14.2. The Balaban J connectivity index is 1.49. The van der Waals surface area contributed by atoms with Crippen LogP contribution in [0.25, 0.3) is 0 Å². The van der Waals surface area contributed by atoms with Crippen molar-refractivity contribution in [3.8, 4) is 0 Å². The van der Waals surface area contributed by atoms with Gasteiger partial charge in [-0.15, -0.1) is 0 Å². The second-order valence-corrected chi connectivity index (χ2v) is 7.53. The van der Waals surface area contributed by atoms with Crippen LogP contribution in [-0.2, 0) is 9.59 Å². The van der Waals surface area contributed by atoms with E-state index in [0.29, 0.717) is 24.2 Å². The Hall–Kier alpha value is -1.91. The largest absolute Gasteiger partial charge is 0.339 e. The standard InChI is InChI=1S/C19H23FN2O2/c1-12-2-7-17(16(20)8-12)22-11-14(9-18(22)23)19(24)21(15-5-6-15)10-13-3-4-13/h2,7-8,13-15H,3-6,9-11H2,1H3. The zero-order chi connectivity index (χ0) is 16.8. The molecule has 0 spiro atoms. The van der Waals surface area contributed by atoms with E-state index in [0.717, 1.165) is 24.9 Å². The highest BCUT2D eigenvalue weighted by Gasteiger charge is 2.43. The minimum absolute atomic E-state index is 0.0905. The Morgan fingerprint density at radius 3 is 2.67 bits per heavy atom. The van der Waals surface area contributed by atoms with Gasteiger partial charge in [-0.1, -0.05) is 6.07 Å². The van der Waals surface area contributed by atoms with Crippen molar-refractivity contribution >= 4 is 17.5 Å². The second-order valence-electron chi connectivity index (χ2n) is 7.53. The van der Waals surface area contributed by atoms with Gasteiger partial charge in [0.25, 0.3) is 0 Å². The first-order valence-corrected chi connectivity index (χ1v) is 8.90. The van der Waals surface area contributed by atoms with E-state index < -0.39 is 5.82 Å². The van der Waals surface area contributed by atoms with Crippen LogP contribution in [0.2, 0.25) is 0 Å². The molecule has 2 aliphatic carbocycles. The summed E-state index contributed by atoms with van der Waals surface area (Å²) in [7, 11) is 0. The Kier molecular flexibility index (Phi) is 3.82. The number of carbonyl (C=O) groups excluding carboxylic acids is 2. The number of nitrogens with zero attached hydrogens (tertiary/aromatic N) is 2. The van der Waals surface area contributed by atoms with Gasteiger partial charge in [-0.2, -0.15) is 0 Å². The third-order valence-corrected chi connectivity index (χ3v) is 5.29. The van der Waals surface area contributed by atoms with Crippen LogP contribution < -0.4 is 4.90 Å². The van der Waals surface area contributed by atoms with Crippen LogP contribution in [0.3, 0.4) is 0 Å². The lowest BCUT2D eigenvalue weighted by atomic mass is 10.1. The first-order chi connectivity index (χ1) is 11.5. The van der Waals surface area contributed by atoms with Crippen molar-refractivity contribution < 1.29 is 14.0 Å². The summed E-state index contributed by atoms with van der Waals surface area (Å²) in [5.41, 5.74) is 1.11. The fourth-order valence-corrected chi connectivity index (χ4v) is 3.55. The molecule has 1 aromatic rings. The lowest BCUT2D eigenvalue weighted by molar-refractivity contribution is -0.136. The maximum Gasteiger partial charge on any atom is 0.228 e. The Morgan fingerprint density at radius 2 is 2.04 bits per heavy atom. The van der Waals surface area contributed by atoms with Gasteiger partial charge in [0.05, 0.1) is 11.6 Å². The molecule has 0 aromatic heterocycles. The fraction of sp³-hybridized carbons (Fsp3) is 0.579. The van der Waals surface area contributed by atoms with Crippen molar-refractivity contribution in [2.24, 2.45) is 11.8 Å². The predicted octanol–water partition coefficient (Wildman–Crippen LogP) is 2.89. The first-order valence-electron chi connectivity index (χ1n) is 8.90. The molecule has 4 rings (SSSR count). The van der Waals surface area contributed by atoms with E-state index in [1.54, 1.807) is 12.1 Å². The van der Waals surface area contributed by atoms with E-state index in [9.17, 15) is 14.0 Å². The van der Waals surface area contributed by atoms with Gasteiger partial charge in [-0.05, 0) is 56.2 Å². The zero-order valence-electron chi connectivity index (χ0n) is 14.0. The molecular formula is C19H23FN2O2. The molecule has 3 fully saturated rings. The third-order valence-electron chi connectivity index (χ3n) is 5.29. The molecule has 0 N–H and O–H groups in total. The fourth-order valence-electron chi connectivity index (χ4n) is 3.55. The van der Waals surface area contributed by atoms with Crippen LogP contribution in [0.15, 0.2) is 18.2 Å². The second kappa shape index (κ2) is 5.87. The highest BCUT2D eigenvalue weighted by Crippen LogP contribution is 2.37. The van der Waals surface area contributed by atoms with Crippen molar-refractivity contribution in [1.82, 2.24) is 4.90 Å². The molecule has 128 valence electrons. The predicted molar refractivity (Wildman–Crippen MR) is 89.1 cm³/mol. The quantitative estimate of drug-likeness (QED) is 0.833. The lowest BCUT2D eigenvalue weighted by Gasteiger charge is -2.25. The Bertz CT molecular complexity index is 682. The molecule has 0 bridgehead atoms. The number of benzene rings is 1. The van der Waals surface area contributed by atoms with Gasteiger partial charge in [0, 0.05) is 25.6 Å². The number of hydrogen-bond acceptors (Lipinski definition) is 2. The van der Waals surface area contributed by atoms with Crippen LogP contribution >= 0.6 is 0 Å². The molecule has 2 saturated carbocycles. The molecule has 1 aliphatic heterocycles. The van der Waals surface area contributed by atoms with Gasteiger partial charge in [-0.25, -0.2) is 4.39 Å². The summed E-state index contributed by atoms with van der Waals surface area (Å²) in [6.07, 6.45) is 4.77. The SMILES string of the molecule is Cc1ccc(N2CC(C(=O)N(CC3CC3)C3CC3)CC2=O)c(F)c1. The summed E-state index contributed by atoms with van der Waals surface area (Å²) in [5.74, 6) is -0.144. The van der Waals surface area contributed by atoms with Crippen molar-refractivity contribution in [2.45, 2.75) is 45.1 Å². The Labute approximate surface area is 141 Å². The van der Waals surface area contributed by atoms with Gasteiger partial charge in [0.15, 0.2) is 0 Å². The minimum atomic E-state index is -0.395. The van der Waals surface area contributed by atoms with Crippen molar-refractivity contribution in [1.29, 1.82) is 0 Å². The monoisotopic (exact) mass is 330 g/mol. The Morgan fingerprint density at radius 1 is 1.29 bits per heavy atom. The van der Waals surface area contributed by atoms with Gasteiger partial charge in [0.1, 0.15) is 5.82 Å². The highest BCUT2D eigenvalue weighted by atomic mass is 19.1. The lowest BCUT2D eigenvalue weighted by Crippen LogP contribution is -2.40. The third kappa shape index (κ3) is 3.04. The van der Waals surface area contributed by atoms with Crippen molar-refractivity contribution in [2.75, 3.05) is 18.0 Å². The molecule has 1 heterocycles. The number of hydrogen-bond donors (Lipinski definition) is 0. The molecule has 1 saturated heterocycles. The number of halogens is 1. The van der Waals surface area contributed by atoms with Crippen LogP contribution in [0.5, 0.6) is 0 Å². The maximum atomic E-state index is 14.2. The summed E-state index contributed by atoms with van der Waals surface area (Å²) in [6.45, 7) is 2.95. The smallest absolute Gasteiger partial charge is 0.228 e. The number of anilines is 1. The van der Waals surface area contributed by atoms with Crippen LogP contribution in [0.1, 0.15) is 37.7 Å². The van der Waals surface area contributed by atoms with Gasteiger partial charge in [0.2, 0.25) is 11.8 Å². The highest BCUT2D eigenvalue weighted by molar-refractivity contribution is 6.00. The van der Waals surface area contributed by atoms with E-state index >= 15 is 0 Å². The minimum Gasteiger partial charge on any atom is -0.339 e. The summed E-state index contributed by atoms with van der Waals surface area (Å²) in [4.78, 5) is 28.7. The molecule has 5 heteroatoms. The van der Waals surface area contributed by atoms with E-state index in [4.69, 9.17) is 0 Å². The number of carbonyl (C=O) groups is 2. The topological polar surface area (TPSA) is 40.6 Å². The first kappa shape index (κ1) is 15.6. The molecule has 1 aromatic carbocycles. The van der Waals surface area contributed by atoms with Crippen molar-refractivity contribution in [3.05, 3.63) is 29.6 Å². The summed E-state index contributed by atoms with van der Waals surface area (Å²) in [5, 5.41) is 0. The normalized spacial score (nSPS) is 23.7. The van der Waals surface area contributed by atoms with Crippen LogP contribution in [0, 0.1) is 24.6 Å². The van der Waals surface area contributed by atoms with Crippen LogP contribution in [0.4, 0.5) is 10.1 Å². The van der Waals surface area contributed by atoms with Gasteiger partial charge >= 0.3 is 0 Å². The molecule has 0 radical (unpaired) electrons. The van der Waals surface area contributed by atoms with Crippen LogP contribution in [-0.4, -0.2) is 35.8 Å². The summed E-state index contributed by atoms with van der Waals surface area (Å²) in [6, 6.07) is 5.24. The molecule has 24 heavy (non-hydrogen) atoms. The number of rotatable bonds is 5. The zero-order valence-corrected chi connectivity index (χ0v) is 14.0. The molecule has 4 nitrogen and oxygen atoms in total. The summed E-state index contributed by atoms with van der Waals surface area (Å²) < 4.78 is 14.2. The summed E-state index contributed by atoms with van der Waals surface area (Å²) >= 11 is 0. The van der Waals surface area contributed by atoms with E-state index in [2.05, 4.69) is 0 Å². The average molecular weight is 330 g/mol. The van der Waals surface area contributed by atoms with Crippen molar-refractivity contribution in [3.63, 3.8) is 0 Å². The number of aryl methyl sites for hydroxylation is 1. The van der Waals surface area contributed by atoms with Gasteiger partial charge in [-0.3, -0.25) is 9.59 Å². The average Bonchev–Trinajstić information content (AvgIpc) is 3.43. The molecule has 1 unspecified atom stereocenters.